The molecular weight excluding hydrogens is 298 g/mol. The van der Waals surface area contributed by atoms with Crippen LogP contribution in [0.2, 0.25) is 0 Å². The molecule has 0 amide bonds. The van der Waals surface area contributed by atoms with Gasteiger partial charge in [-0.2, -0.15) is 5.10 Å². The normalized spacial score (nSPS) is 11.1. The number of nitro groups is 1. The van der Waals surface area contributed by atoms with Crippen LogP contribution in [0.4, 0.5) is 11.4 Å². The Bertz CT molecular complexity index is 800. The molecule has 0 aliphatic rings. The number of nitrogens with zero attached hydrogens (tertiary/aromatic N) is 2. The van der Waals surface area contributed by atoms with Gasteiger partial charge in [-0.15, -0.1) is 0 Å². The summed E-state index contributed by atoms with van der Waals surface area (Å²) in [6.45, 7) is 3.38. The topological polar surface area (TPSA) is 105 Å². The number of aromatic carboxylic acids is 1. The summed E-state index contributed by atoms with van der Waals surface area (Å²) >= 11 is 0. The minimum Gasteiger partial charge on any atom is -0.478 e. The first-order chi connectivity index (χ1) is 10.9. The highest BCUT2D eigenvalue weighted by atomic mass is 16.6. The van der Waals surface area contributed by atoms with E-state index in [0.29, 0.717) is 22.5 Å². The predicted octanol–water partition coefficient (Wildman–Crippen LogP) is 3.44. The molecule has 2 aromatic rings. The van der Waals surface area contributed by atoms with Crippen molar-refractivity contribution in [2.24, 2.45) is 5.10 Å². The number of aryl methyl sites for hydroxylation is 1. The third-order valence-corrected chi connectivity index (χ3v) is 3.29. The lowest BCUT2D eigenvalue weighted by Gasteiger charge is -2.05. The van der Waals surface area contributed by atoms with Crippen molar-refractivity contribution in [1.82, 2.24) is 0 Å². The van der Waals surface area contributed by atoms with E-state index in [1.165, 1.54) is 18.2 Å². The van der Waals surface area contributed by atoms with Crippen LogP contribution in [0.3, 0.4) is 0 Å². The third kappa shape index (κ3) is 3.91. The summed E-state index contributed by atoms with van der Waals surface area (Å²) in [6, 6.07) is 11.1. The SMILES string of the molecule is C/C(=N/Nc1cccc(C(=O)O)c1)c1ccc(C)c([N+](=O)[O-])c1. The van der Waals surface area contributed by atoms with Crippen molar-refractivity contribution in [3.05, 3.63) is 69.3 Å². The van der Waals surface area contributed by atoms with E-state index in [0.717, 1.165) is 0 Å². The standard InChI is InChI=1S/C16H15N3O4/c1-10-6-7-12(9-15(10)19(22)23)11(2)17-18-14-5-3-4-13(8-14)16(20)21/h3-9,18H,1-2H3,(H,20,21)/b17-11-. The second kappa shape index (κ2) is 6.69. The van der Waals surface area contributed by atoms with Gasteiger partial charge in [-0.1, -0.05) is 18.2 Å². The molecule has 7 nitrogen and oxygen atoms in total. The summed E-state index contributed by atoms with van der Waals surface area (Å²) in [5.41, 5.74) is 5.20. The molecular formula is C16H15N3O4. The van der Waals surface area contributed by atoms with Gasteiger partial charge in [0.25, 0.3) is 5.69 Å². The van der Waals surface area contributed by atoms with Crippen LogP contribution in [-0.2, 0) is 0 Å². The number of nitrogens with one attached hydrogen (secondary N) is 1. The van der Waals surface area contributed by atoms with Crippen molar-refractivity contribution in [3.63, 3.8) is 0 Å². The molecule has 0 aliphatic carbocycles. The average Bonchev–Trinajstić information content (AvgIpc) is 2.53. The molecule has 23 heavy (non-hydrogen) atoms. The predicted molar refractivity (Wildman–Crippen MR) is 87.1 cm³/mol. The fraction of sp³-hybridized carbons (Fsp3) is 0.125. The maximum Gasteiger partial charge on any atom is 0.335 e. The van der Waals surface area contributed by atoms with Crippen molar-refractivity contribution in [3.8, 4) is 0 Å². The summed E-state index contributed by atoms with van der Waals surface area (Å²) < 4.78 is 0. The molecule has 0 heterocycles. The molecule has 2 aromatic carbocycles. The molecule has 0 aromatic heterocycles. The smallest absolute Gasteiger partial charge is 0.335 e. The molecule has 0 atom stereocenters. The average molecular weight is 313 g/mol. The van der Waals surface area contributed by atoms with Crippen LogP contribution >= 0.6 is 0 Å². The lowest BCUT2D eigenvalue weighted by Crippen LogP contribution is -2.02. The Kier molecular flexibility index (Phi) is 4.70. The molecule has 0 saturated carbocycles. The molecule has 0 unspecified atom stereocenters. The fourth-order valence-electron chi connectivity index (χ4n) is 1.97. The van der Waals surface area contributed by atoms with Gasteiger partial charge >= 0.3 is 5.97 Å². The minimum atomic E-state index is -1.02. The number of benzene rings is 2. The highest BCUT2D eigenvalue weighted by molar-refractivity contribution is 5.99. The lowest BCUT2D eigenvalue weighted by atomic mass is 10.1. The molecule has 7 heteroatoms. The van der Waals surface area contributed by atoms with E-state index in [1.54, 1.807) is 38.1 Å². The van der Waals surface area contributed by atoms with Crippen LogP contribution < -0.4 is 5.43 Å². The number of hydrazone groups is 1. The highest BCUT2D eigenvalue weighted by Crippen LogP contribution is 2.20. The van der Waals surface area contributed by atoms with Gasteiger partial charge in [-0.3, -0.25) is 15.5 Å². The summed E-state index contributed by atoms with van der Waals surface area (Å²) in [4.78, 5) is 21.5. The zero-order chi connectivity index (χ0) is 17.0. The number of hydrogen-bond acceptors (Lipinski definition) is 5. The van der Waals surface area contributed by atoms with Crippen molar-refractivity contribution < 1.29 is 14.8 Å². The van der Waals surface area contributed by atoms with E-state index in [1.807, 2.05) is 0 Å². The zero-order valence-corrected chi connectivity index (χ0v) is 12.6. The van der Waals surface area contributed by atoms with Gasteiger partial charge in [-0.25, -0.2) is 4.79 Å². The Morgan fingerprint density at radius 2 is 1.96 bits per heavy atom. The van der Waals surface area contributed by atoms with Crippen LogP contribution in [0.25, 0.3) is 0 Å². The molecule has 0 aliphatic heterocycles. The minimum absolute atomic E-state index is 0.0323. The van der Waals surface area contributed by atoms with Crippen LogP contribution in [0.15, 0.2) is 47.6 Å². The molecule has 0 radical (unpaired) electrons. The molecule has 0 spiro atoms. The first-order valence-electron chi connectivity index (χ1n) is 6.77. The monoisotopic (exact) mass is 313 g/mol. The van der Waals surface area contributed by atoms with E-state index >= 15 is 0 Å². The molecule has 0 bridgehead atoms. The summed E-state index contributed by atoms with van der Waals surface area (Å²) in [7, 11) is 0. The van der Waals surface area contributed by atoms with Crippen molar-refractivity contribution >= 4 is 23.1 Å². The second-order valence-electron chi connectivity index (χ2n) is 4.95. The Morgan fingerprint density at radius 1 is 1.22 bits per heavy atom. The number of carbonyl (C=O) groups is 1. The zero-order valence-electron chi connectivity index (χ0n) is 12.6. The van der Waals surface area contributed by atoms with Crippen molar-refractivity contribution in [2.45, 2.75) is 13.8 Å². The van der Waals surface area contributed by atoms with Gasteiger partial charge in [0, 0.05) is 17.2 Å². The first-order valence-corrected chi connectivity index (χ1v) is 6.77. The maximum absolute atomic E-state index is 11.0. The van der Waals surface area contributed by atoms with E-state index in [2.05, 4.69) is 10.5 Å². The molecule has 2 N–H and O–H groups in total. The maximum atomic E-state index is 11.0. The van der Waals surface area contributed by atoms with E-state index in [4.69, 9.17) is 5.11 Å². The van der Waals surface area contributed by atoms with Gasteiger partial charge in [0.2, 0.25) is 0 Å². The van der Waals surface area contributed by atoms with E-state index in [9.17, 15) is 14.9 Å². The van der Waals surface area contributed by atoms with Gasteiger partial charge in [0.15, 0.2) is 0 Å². The Labute approximate surface area is 132 Å². The van der Waals surface area contributed by atoms with Crippen LogP contribution in [0, 0.1) is 17.0 Å². The van der Waals surface area contributed by atoms with Crippen LogP contribution in [-0.4, -0.2) is 21.7 Å². The highest BCUT2D eigenvalue weighted by Gasteiger charge is 2.12. The first kappa shape index (κ1) is 16.2. The largest absolute Gasteiger partial charge is 0.478 e. The van der Waals surface area contributed by atoms with Crippen LogP contribution in [0.1, 0.15) is 28.4 Å². The Balaban J connectivity index is 2.23. The van der Waals surface area contributed by atoms with Gasteiger partial charge in [0.1, 0.15) is 0 Å². The Morgan fingerprint density at radius 3 is 2.61 bits per heavy atom. The number of hydrogen-bond donors (Lipinski definition) is 2. The third-order valence-electron chi connectivity index (χ3n) is 3.29. The number of rotatable bonds is 5. The van der Waals surface area contributed by atoms with Crippen molar-refractivity contribution in [2.75, 3.05) is 5.43 Å². The summed E-state index contributed by atoms with van der Waals surface area (Å²) in [6.07, 6.45) is 0. The fourth-order valence-corrected chi connectivity index (χ4v) is 1.97. The Hall–Kier alpha value is -3.22. The molecule has 0 saturated heterocycles. The van der Waals surface area contributed by atoms with Gasteiger partial charge in [-0.05, 0) is 32.0 Å². The van der Waals surface area contributed by atoms with Crippen molar-refractivity contribution in [1.29, 1.82) is 0 Å². The summed E-state index contributed by atoms with van der Waals surface area (Å²) in [5.74, 6) is -1.02. The number of carboxylic acids is 1. The number of anilines is 1. The van der Waals surface area contributed by atoms with E-state index < -0.39 is 10.9 Å². The quantitative estimate of drug-likeness (QED) is 0.500. The van der Waals surface area contributed by atoms with Crippen LogP contribution in [0.5, 0.6) is 0 Å². The lowest BCUT2D eigenvalue weighted by molar-refractivity contribution is -0.385. The molecule has 0 fully saturated rings. The number of carboxylic acid groups (broad SMARTS) is 1. The van der Waals surface area contributed by atoms with Gasteiger partial charge < -0.3 is 5.11 Å². The number of nitro benzene ring substituents is 1. The van der Waals surface area contributed by atoms with Gasteiger partial charge in [0.05, 0.1) is 21.9 Å². The second-order valence-corrected chi connectivity index (χ2v) is 4.95. The molecule has 2 rings (SSSR count). The summed E-state index contributed by atoms with van der Waals surface area (Å²) in [5, 5.41) is 24.1. The van der Waals surface area contributed by atoms with E-state index in [-0.39, 0.29) is 11.3 Å². The molecule has 118 valence electrons.